The van der Waals surface area contributed by atoms with E-state index >= 15 is 0 Å². The van der Waals surface area contributed by atoms with Crippen LogP contribution in [-0.2, 0) is 22.4 Å². The molecule has 2 rings (SSSR count). The summed E-state index contributed by atoms with van der Waals surface area (Å²) in [6, 6.07) is 8.22. The van der Waals surface area contributed by atoms with E-state index < -0.39 is 0 Å². The Kier molecular flexibility index (Phi) is 6.14. The second kappa shape index (κ2) is 8.11. The van der Waals surface area contributed by atoms with Crippen LogP contribution < -0.4 is 5.73 Å². The lowest BCUT2D eigenvalue weighted by Gasteiger charge is -2.01. The highest BCUT2D eigenvalue weighted by molar-refractivity contribution is 7.09. The maximum absolute atomic E-state index is 5.60. The summed E-state index contributed by atoms with van der Waals surface area (Å²) in [5.74, 6) is 0. The van der Waals surface area contributed by atoms with Crippen LogP contribution >= 0.6 is 11.3 Å². The number of aromatic nitrogens is 1. The number of benzene rings is 1. The Morgan fingerprint density at radius 3 is 2.65 bits per heavy atom. The third kappa shape index (κ3) is 4.38. The van der Waals surface area contributed by atoms with E-state index in [4.69, 9.17) is 15.2 Å². The van der Waals surface area contributed by atoms with Gasteiger partial charge in [-0.2, -0.15) is 0 Å². The molecule has 20 heavy (non-hydrogen) atoms. The third-order valence-corrected chi connectivity index (χ3v) is 3.84. The van der Waals surface area contributed by atoms with Gasteiger partial charge in [0.2, 0.25) is 0 Å². The van der Waals surface area contributed by atoms with Gasteiger partial charge < -0.3 is 15.2 Å². The predicted octanol–water partition coefficient (Wildman–Crippen LogP) is 2.47. The first kappa shape index (κ1) is 15.1. The molecule has 0 aliphatic rings. The van der Waals surface area contributed by atoms with Crippen LogP contribution in [-0.4, -0.2) is 31.9 Å². The zero-order valence-corrected chi connectivity index (χ0v) is 12.5. The first-order valence-electron chi connectivity index (χ1n) is 6.64. The molecule has 1 aromatic heterocycles. The molecule has 0 saturated heterocycles. The molecule has 0 fully saturated rings. The highest BCUT2D eigenvalue weighted by atomic mass is 32.1. The monoisotopic (exact) mass is 292 g/mol. The van der Waals surface area contributed by atoms with Crippen molar-refractivity contribution in [1.82, 2.24) is 4.98 Å². The first-order chi connectivity index (χ1) is 9.83. The molecule has 0 radical (unpaired) electrons. The zero-order chi connectivity index (χ0) is 14.2. The Labute approximate surface area is 123 Å². The molecule has 4 nitrogen and oxygen atoms in total. The Balaban J connectivity index is 1.87. The second-order valence-corrected chi connectivity index (χ2v) is 5.33. The normalized spacial score (nSPS) is 10.9. The van der Waals surface area contributed by atoms with Crippen molar-refractivity contribution in [1.29, 1.82) is 0 Å². The summed E-state index contributed by atoms with van der Waals surface area (Å²) >= 11 is 1.67. The lowest BCUT2D eigenvalue weighted by atomic mass is 10.1. The quantitative estimate of drug-likeness (QED) is 0.759. The van der Waals surface area contributed by atoms with Crippen LogP contribution in [0.3, 0.4) is 0 Å². The van der Waals surface area contributed by atoms with Gasteiger partial charge in [0, 0.05) is 31.0 Å². The summed E-state index contributed by atoms with van der Waals surface area (Å²) < 4.78 is 10.4. The van der Waals surface area contributed by atoms with E-state index in [9.17, 15) is 0 Å². The molecular weight excluding hydrogens is 272 g/mol. The zero-order valence-electron chi connectivity index (χ0n) is 11.7. The van der Waals surface area contributed by atoms with Crippen molar-refractivity contribution in [3.8, 4) is 11.3 Å². The summed E-state index contributed by atoms with van der Waals surface area (Å²) in [4.78, 5) is 4.63. The van der Waals surface area contributed by atoms with Crippen molar-refractivity contribution in [2.45, 2.75) is 13.0 Å². The number of ether oxygens (including phenoxy) is 2. The minimum atomic E-state index is 0.571. The largest absolute Gasteiger partial charge is 0.382 e. The van der Waals surface area contributed by atoms with Gasteiger partial charge in [0.15, 0.2) is 0 Å². The van der Waals surface area contributed by atoms with Gasteiger partial charge in [-0.1, -0.05) is 24.3 Å². The first-order valence-corrected chi connectivity index (χ1v) is 7.52. The molecule has 0 aliphatic heterocycles. The maximum Gasteiger partial charge on any atom is 0.0955 e. The number of methoxy groups -OCH3 is 1. The average molecular weight is 292 g/mol. The molecule has 2 aromatic rings. The van der Waals surface area contributed by atoms with Crippen LogP contribution in [0.15, 0.2) is 29.6 Å². The van der Waals surface area contributed by atoms with Gasteiger partial charge in [0.1, 0.15) is 0 Å². The molecule has 0 spiro atoms. The minimum Gasteiger partial charge on any atom is -0.382 e. The Morgan fingerprint density at radius 2 is 1.95 bits per heavy atom. The Hall–Kier alpha value is -1.27. The molecule has 0 bridgehead atoms. The molecule has 0 atom stereocenters. The van der Waals surface area contributed by atoms with Crippen molar-refractivity contribution >= 4 is 11.3 Å². The third-order valence-electron chi connectivity index (χ3n) is 2.93. The minimum absolute atomic E-state index is 0.571. The second-order valence-electron chi connectivity index (χ2n) is 4.38. The SMILES string of the molecule is COCCOCCc1nc(-c2ccc(CN)cc2)cs1. The smallest absolute Gasteiger partial charge is 0.0955 e. The molecule has 0 amide bonds. The van der Waals surface area contributed by atoms with Crippen molar-refractivity contribution in [3.63, 3.8) is 0 Å². The molecule has 0 aliphatic carbocycles. The van der Waals surface area contributed by atoms with E-state index in [2.05, 4.69) is 22.5 Å². The average Bonchev–Trinajstić information content (AvgIpc) is 2.96. The van der Waals surface area contributed by atoms with E-state index in [-0.39, 0.29) is 0 Å². The van der Waals surface area contributed by atoms with Crippen molar-refractivity contribution in [3.05, 3.63) is 40.2 Å². The number of hydrogen-bond donors (Lipinski definition) is 1. The fourth-order valence-electron chi connectivity index (χ4n) is 1.77. The lowest BCUT2D eigenvalue weighted by molar-refractivity contribution is 0.0722. The van der Waals surface area contributed by atoms with Gasteiger partial charge in [0.25, 0.3) is 0 Å². The van der Waals surface area contributed by atoms with Crippen LogP contribution in [0.2, 0.25) is 0 Å². The molecule has 1 aromatic carbocycles. The number of hydrogen-bond acceptors (Lipinski definition) is 5. The Morgan fingerprint density at radius 1 is 1.15 bits per heavy atom. The summed E-state index contributed by atoms with van der Waals surface area (Å²) in [5, 5.41) is 3.18. The highest BCUT2D eigenvalue weighted by Gasteiger charge is 2.04. The van der Waals surface area contributed by atoms with Gasteiger partial charge in [-0.25, -0.2) is 4.98 Å². The number of nitrogens with zero attached hydrogens (tertiary/aromatic N) is 1. The lowest BCUT2D eigenvalue weighted by Crippen LogP contribution is -2.04. The number of rotatable bonds is 8. The molecule has 1 heterocycles. The van der Waals surface area contributed by atoms with Gasteiger partial charge in [-0.05, 0) is 5.56 Å². The summed E-state index contributed by atoms with van der Waals surface area (Å²) in [7, 11) is 1.67. The topological polar surface area (TPSA) is 57.4 Å². The molecule has 5 heteroatoms. The van der Waals surface area contributed by atoms with E-state index in [0.717, 1.165) is 28.2 Å². The fraction of sp³-hybridized carbons (Fsp3) is 0.400. The summed E-state index contributed by atoms with van der Waals surface area (Å²) in [6.07, 6.45) is 0.843. The summed E-state index contributed by atoms with van der Waals surface area (Å²) in [5.41, 5.74) is 8.88. The van der Waals surface area contributed by atoms with Crippen LogP contribution in [0, 0.1) is 0 Å². The van der Waals surface area contributed by atoms with E-state index in [1.54, 1.807) is 18.4 Å². The molecule has 108 valence electrons. The van der Waals surface area contributed by atoms with Crippen molar-refractivity contribution in [2.75, 3.05) is 26.9 Å². The van der Waals surface area contributed by atoms with E-state index in [0.29, 0.717) is 26.4 Å². The molecular formula is C15H20N2O2S. The van der Waals surface area contributed by atoms with Crippen LogP contribution in [0.4, 0.5) is 0 Å². The number of thiazole rings is 1. The van der Waals surface area contributed by atoms with Gasteiger partial charge >= 0.3 is 0 Å². The standard InChI is InChI=1S/C15H20N2O2S/c1-18-8-9-19-7-6-15-17-14(11-20-15)13-4-2-12(10-16)3-5-13/h2-5,11H,6-10,16H2,1H3. The summed E-state index contributed by atoms with van der Waals surface area (Å²) in [6.45, 7) is 2.52. The highest BCUT2D eigenvalue weighted by Crippen LogP contribution is 2.22. The molecule has 0 unspecified atom stereocenters. The van der Waals surface area contributed by atoms with Crippen LogP contribution in [0.1, 0.15) is 10.6 Å². The number of nitrogens with two attached hydrogens (primary N) is 1. The van der Waals surface area contributed by atoms with Gasteiger partial charge in [-0.15, -0.1) is 11.3 Å². The predicted molar refractivity (Wildman–Crippen MR) is 81.8 cm³/mol. The Bertz CT molecular complexity index is 511. The van der Waals surface area contributed by atoms with E-state index in [1.165, 1.54) is 0 Å². The van der Waals surface area contributed by atoms with E-state index in [1.807, 2.05) is 12.1 Å². The van der Waals surface area contributed by atoms with Crippen molar-refractivity contribution in [2.24, 2.45) is 5.73 Å². The molecule has 2 N–H and O–H groups in total. The van der Waals surface area contributed by atoms with Crippen LogP contribution in [0.25, 0.3) is 11.3 Å². The van der Waals surface area contributed by atoms with Gasteiger partial charge in [-0.3, -0.25) is 0 Å². The van der Waals surface area contributed by atoms with Crippen molar-refractivity contribution < 1.29 is 9.47 Å². The maximum atomic E-state index is 5.60. The van der Waals surface area contributed by atoms with Gasteiger partial charge in [0.05, 0.1) is 30.5 Å². The fourth-order valence-corrected chi connectivity index (χ4v) is 2.56. The van der Waals surface area contributed by atoms with Crippen LogP contribution in [0.5, 0.6) is 0 Å². The molecule has 0 saturated carbocycles.